The Morgan fingerprint density at radius 2 is 1.63 bits per heavy atom. The minimum atomic E-state index is -0.267. The molecule has 0 aliphatic carbocycles. The predicted molar refractivity (Wildman–Crippen MR) is 115 cm³/mol. The molecule has 1 saturated heterocycles. The molecule has 1 fully saturated rings. The zero-order valence-corrected chi connectivity index (χ0v) is 17.0. The first-order chi connectivity index (χ1) is 14.6. The first kappa shape index (κ1) is 19.9. The van der Waals surface area contributed by atoms with Crippen LogP contribution in [0.4, 0.5) is 0 Å². The van der Waals surface area contributed by atoms with Crippen molar-refractivity contribution >= 4 is 11.8 Å². The van der Waals surface area contributed by atoms with Crippen LogP contribution in [0.25, 0.3) is 11.1 Å². The van der Waals surface area contributed by atoms with Crippen molar-refractivity contribution in [3.63, 3.8) is 0 Å². The van der Waals surface area contributed by atoms with Crippen molar-refractivity contribution in [2.24, 2.45) is 0 Å². The highest BCUT2D eigenvalue weighted by atomic mass is 16.3. The van der Waals surface area contributed by atoms with Gasteiger partial charge in [0.1, 0.15) is 0 Å². The number of likely N-dealkylation sites (N-methyl/N-ethyl adjacent to an activating group) is 1. The zero-order valence-electron chi connectivity index (χ0n) is 17.0. The third kappa shape index (κ3) is 4.44. The molecule has 2 aromatic carbocycles. The Balaban J connectivity index is 1.36. The molecule has 1 aliphatic heterocycles. The lowest BCUT2D eigenvalue weighted by atomic mass is 10.1. The lowest BCUT2D eigenvalue weighted by Gasteiger charge is -2.32. The van der Waals surface area contributed by atoms with E-state index < -0.39 is 0 Å². The molecule has 0 radical (unpaired) electrons. The molecule has 0 bridgehead atoms. The standard InChI is InChI=1S/C24H25N3O3/c1-26-12-14-27(15-13-26)24(29)20-9-7-18(8-10-20)17-25-23(28)22-21(11-16-30-22)19-5-3-2-4-6-19/h2-11,16H,12-15,17H2,1H3,(H,25,28). The van der Waals surface area contributed by atoms with E-state index in [0.717, 1.165) is 42.9 Å². The second-order valence-corrected chi connectivity index (χ2v) is 7.50. The van der Waals surface area contributed by atoms with E-state index in [1.807, 2.05) is 59.5 Å². The maximum Gasteiger partial charge on any atom is 0.287 e. The Kier molecular flexibility index (Phi) is 5.95. The number of benzene rings is 2. The molecule has 1 aliphatic rings. The number of rotatable bonds is 5. The summed E-state index contributed by atoms with van der Waals surface area (Å²) < 4.78 is 5.43. The fraction of sp³-hybridized carbons (Fsp3) is 0.250. The van der Waals surface area contributed by atoms with Gasteiger partial charge in [0.05, 0.1) is 6.26 Å². The molecule has 154 valence electrons. The second kappa shape index (κ2) is 8.97. The smallest absolute Gasteiger partial charge is 0.287 e. The summed E-state index contributed by atoms with van der Waals surface area (Å²) in [5.74, 6) is 0.0845. The van der Waals surface area contributed by atoms with Crippen molar-refractivity contribution in [2.45, 2.75) is 6.54 Å². The van der Waals surface area contributed by atoms with Crippen molar-refractivity contribution in [3.8, 4) is 11.1 Å². The number of hydrogen-bond acceptors (Lipinski definition) is 4. The van der Waals surface area contributed by atoms with E-state index in [1.54, 1.807) is 6.07 Å². The Morgan fingerprint density at radius 1 is 0.933 bits per heavy atom. The molecular formula is C24H25N3O3. The van der Waals surface area contributed by atoms with Gasteiger partial charge in [-0.15, -0.1) is 0 Å². The highest BCUT2D eigenvalue weighted by Crippen LogP contribution is 2.24. The number of carbonyl (C=O) groups excluding carboxylic acids is 2. The fourth-order valence-electron chi connectivity index (χ4n) is 3.55. The largest absolute Gasteiger partial charge is 0.459 e. The molecule has 1 aromatic heterocycles. The first-order valence-corrected chi connectivity index (χ1v) is 10.1. The van der Waals surface area contributed by atoms with Gasteiger partial charge >= 0.3 is 0 Å². The molecule has 0 unspecified atom stereocenters. The monoisotopic (exact) mass is 403 g/mol. The number of hydrogen-bond donors (Lipinski definition) is 1. The average molecular weight is 403 g/mol. The molecule has 0 saturated carbocycles. The molecule has 3 aromatic rings. The van der Waals surface area contributed by atoms with Crippen LogP contribution in [-0.4, -0.2) is 54.8 Å². The maximum atomic E-state index is 12.6. The zero-order chi connectivity index (χ0) is 20.9. The van der Waals surface area contributed by atoms with E-state index in [9.17, 15) is 9.59 Å². The average Bonchev–Trinajstić information content (AvgIpc) is 3.29. The summed E-state index contributed by atoms with van der Waals surface area (Å²) in [7, 11) is 2.07. The molecular weight excluding hydrogens is 378 g/mol. The van der Waals surface area contributed by atoms with Gasteiger partial charge in [-0.2, -0.15) is 0 Å². The number of amides is 2. The van der Waals surface area contributed by atoms with Gasteiger partial charge in [0.2, 0.25) is 0 Å². The van der Waals surface area contributed by atoms with Gasteiger partial charge in [0.25, 0.3) is 11.8 Å². The van der Waals surface area contributed by atoms with Gasteiger partial charge in [0.15, 0.2) is 5.76 Å². The molecule has 4 rings (SSSR count). The minimum absolute atomic E-state index is 0.0572. The van der Waals surface area contributed by atoms with Crippen LogP contribution in [0, 0.1) is 0 Å². The normalized spacial score (nSPS) is 14.5. The van der Waals surface area contributed by atoms with Crippen LogP contribution < -0.4 is 5.32 Å². The van der Waals surface area contributed by atoms with Crippen molar-refractivity contribution < 1.29 is 14.0 Å². The summed E-state index contributed by atoms with van der Waals surface area (Å²) in [6.45, 7) is 3.65. The predicted octanol–water partition coefficient (Wildman–Crippen LogP) is 3.26. The van der Waals surface area contributed by atoms with Crippen LogP contribution in [0.5, 0.6) is 0 Å². The van der Waals surface area contributed by atoms with Gasteiger partial charge in [-0.05, 0) is 36.4 Å². The summed E-state index contributed by atoms with van der Waals surface area (Å²) >= 11 is 0. The number of furan rings is 1. The van der Waals surface area contributed by atoms with Gasteiger partial charge in [-0.1, -0.05) is 42.5 Å². The molecule has 0 spiro atoms. The highest BCUT2D eigenvalue weighted by molar-refractivity contribution is 5.98. The first-order valence-electron chi connectivity index (χ1n) is 10.1. The second-order valence-electron chi connectivity index (χ2n) is 7.50. The van der Waals surface area contributed by atoms with E-state index in [1.165, 1.54) is 6.26 Å². The summed E-state index contributed by atoms with van der Waals surface area (Å²) in [4.78, 5) is 29.4. The van der Waals surface area contributed by atoms with Crippen molar-refractivity contribution in [2.75, 3.05) is 33.2 Å². The van der Waals surface area contributed by atoms with Gasteiger partial charge < -0.3 is 19.5 Å². The number of carbonyl (C=O) groups is 2. The van der Waals surface area contributed by atoms with Crippen LogP contribution in [0.15, 0.2) is 71.3 Å². The molecule has 2 heterocycles. The number of nitrogens with one attached hydrogen (secondary N) is 1. The lowest BCUT2D eigenvalue weighted by molar-refractivity contribution is 0.0664. The Bertz CT molecular complexity index is 1000. The van der Waals surface area contributed by atoms with Crippen LogP contribution in [0.3, 0.4) is 0 Å². The molecule has 1 N–H and O–H groups in total. The van der Waals surface area contributed by atoms with E-state index in [-0.39, 0.29) is 11.8 Å². The topological polar surface area (TPSA) is 65.8 Å². The molecule has 30 heavy (non-hydrogen) atoms. The molecule has 2 amide bonds. The summed E-state index contributed by atoms with van der Waals surface area (Å²) in [5.41, 5.74) is 3.29. The van der Waals surface area contributed by atoms with Crippen LogP contribution in [-0.2, 0) is 6.54 Å². The minimum Gasteiger partial charge on any atom is -0.459 e. The van der Waals surface area contributed by atoms with Crippen molar-refractivity contribution in [1.82, 2.24) is 15.1 Å². The highest BCUT2D eigenvalue weighted by Gasteiger charge is 2.20. The fourth-order valence-corrected chi connectivity index (χ4v) is 3.55. The summed E-state index contributed by atoms with van der Waals surface area (Å²) in [6, 6.07) is 18.9. The maximum absolute atomic E-state index is 12.6. The van der Waals surface area contributed by atoms with E-state index in [2.05, 4.69) is 17.3 Å². The van der Waals surface area contributed by atoms with E-state index in [0.29, 0.717) is 17.9 Å². The molecule has 0 atom stereocenters. The third-order valence-electron chi connectivity index (χ3n) is 5.40. The SMILES string of the molecule is CN1CCN(C(=O)c2ccc(CNC(=O)c3occc3-c3ccccc3)cc2)CC1. The van der Waals surface area contributed by atoms with Crippen molar-refractivity contribution in [3.05, 3.63) is 83.8 Å². The number of nitrogens with zero attached hydrogens (tertiary/aromatic N) is 2. The lowest BCUT2D eigenvalue weighted by Crippen LogP contribution is -2.47. The number of piperazine rings is 1. The Labute approximate surface area is 176 Å². The van der Waals surface area contributed by atoms with Crippen molar-refractivity contribution in [1.29, 1.82) is 0 Å². The van der Waals surface area contributed by atoms with Crippen LogP contribution in [0.2, 0.25) is 0 Å². The third-order valence-corrected chi connectivity index (χ3v) is 5.40. The quantitative estimate of drug-likeness (QED) is 0.710. The van der Waals surface area contributed by atoms with Gasteiger partial charge in [-0.3, -0.25) is 9.59 Å². The summed E-state index contributed by atoms with van der Waals surface area (Å²) in [6.07, 6.45) is 1.52. The van der Waals surface area contributed by atoms with Gasteiger partial charge in [0, 0.05) is 43.9 Å². The summed E-state index contributed by atoms with van der Waals surface area (Å²) in [5, 5.41) is 2.89. The molecule has 6 heteroatoms. The Morgan fingerprint density at radius 3 is 2.33 bits per heavy atom. The van der Waals surface area contributed by atoms with Gasteiger partial charge in [-0.25, -0.2) is 0 Å². The van der Waals surface area contributed by atoms with E-state index >= 15 is 0 Å². The van der Waals surface area contributed by atoms with Crippen LogP contribution >= 0.6 is 0 Å². The Hall–Kier alpha value is -3.38. The van der Waals surface area contributed by atoms with E-state index in [4.69, 9.17) is 4.42 Å². The van der Waals surface area contributed by atoms with Crippen LogP contribution in [0.1, 0.15) is 26.5 Å². The molecule has 6 nitrogen and oxygen atoms in total.